The van der Waals surface area contributed by atoms with E-state index in [9.17, 15) is 13.5 Å². The first-order valence-corrected chi connectivity index (χ1v) is 13.0. The number of allylic oxidation sites excluding steroid dienone is 2. The first-order valence-electron chi connectivity index (χ1n) is 11.6. The molecule has 31 heavy (non-hydrogen) atoms. The van der Waals surface area contributed by atoms with Crippen LogP contribution in [0.25, 0.3) is 5.57 Å². The maximum Gasteiger partial charge on any atom is 0.247 e. The van der Waals surface area contributed by atoms with Gasteiger partial charge in [0.1, 0.15) is 16.7 Å². The van der Waals surface area contributed by atoms with Crippen LogP contribution in [0.4, 0.5) is 0 Å². The summed E-state index contributed by atoms with van der Waals surface area (Å²) >= 11 is 0. The fraction of sp³-hybridized carbons (Fsp3) is 0.667. The fourth-order valence-corrected chi connectivity index (χ4v) is 6.35. The number of hydrogen-bond donors (Lipinski definition) is 1. The van der Waals surface area contributed by atoms with Crippen LogP contribution in [0.2, 0.25) is 0 Å². The molecular formula is C24H38N2O4S. The van der Waals surface area contributed by atoms with E-state index in [2.05, 4.69) is 24.9 Å². The van der Waals surface area contributed by atoms with Crippen LogP contribution in [0.15, 0.2) is 29.2 Å². The van der Waals surface area contributed by atoms with Crippen LogP contribution >= 0.6 is 0 Å². The van der Waals surface area contributed by atoms with Crippen molar-refractivity contribution in [1.29, 1.82) is 0 Å². The molecule has 1 aromatic carbocycles. The third-order valence-corrected chi connectivity index (χ3v) is 8.45. The Hall–Kier alpha value is -1.41. The topological polar surface area (TPSA) is 70.1 Å². The second-order valence-corrected chi connectivity index (χ2v) is 11.0. The summed E-state index contributed by atoms with van der Waals surface area (Å²) in [7, 11) is -1.70. The van der Waals surface area contributed by atoms with Crippen molar-refractivity contribution in [1.82, 2.24) is 9.21 Å². The summed E-state index contributed by atoms with van der Waals surface area (Å²) in [6.45, 7) is 7.73. The SMILES string of the molecule is CCCN(C)C[C@H]1Oc2cc(C3=CCCCC3)ccc2S(=O)(=O)N([C@@H](C)CO)C[C@H]1C. The van der Waals surface area contributed by atoms with E-state index in [1.54, 1.807) is 13.0 Å². The zero-order valence-electron chi connectivity index (χ0n) is 19.4. The lowest BCUT2D eigenvalue weighted by Crippen LogP contribution is -2.49. The van der Waals surface area contributed by atoms with Crippen LogP contribution in [0.1, 0.15) is 58.4 Å². The zero-order chi connectivity index (χ0) is 22.6. The molecule has 0 aromatic heterocycles. The monoisotopic (exact) mass is 450 g/mol. The van der Waals surface area contributed by atoms with Crippen molar-refractivity contribution >= 4 is 15.6 Å². The van der Waals surface area contributed by atoms with Crippen LogP contribution in [-0.4, -0.2) is 68.2 Å². The van der Waals surface area contributed by atoms with Gasteiger partial charge in [0.05, 0.1) is 6.61 Å². The molecule has 0 amide bonds. The van der Waals surface area contributed by atoms with Gasteiger partial charge in [-0.3, -0.25) is 0 Å². The third-order valence-electron chi connectivity index (χ3n) is 6.43. The molecule has 6 nitrogen and oxygen atoms in total. The lowest BCUT2D eigenvalue weighted by molar-refractivity contribution is 0.0752. The maximum absolute atomic E-state index is 13.6. The van der Waals surface area contributed by atoms with Crippen molar-refractivity contribution in [2.75, 3.05) is 33.3 Å². The van der Waals surface area contributed by atoms with Gasteiger partial charge in [-0.1, -0.05) is 26.0 Å². The minimum absolute atomic E-state index is 0.0196. The van der Waals surface area contributed by atoms with E-state index < -0.39 is 16.1 Å². The Labute approximate surface area is 187 Å². The van der Waals surface area contributed by atoms with Crippen molar-refractivity contribution < 1.29 is 18.3 Å². The minimum Gasteiger partial charge on any atom is -0.487 e. The normalized spacial score (nSPS) is 25.2. The van der Waals surface area contributed by atoms with Gasteiger partial charge in [0.25, 0.3) is 0 Å². The van der Waals surface area contributed by atoms with Gasteiger partial charge in [0, 0.05) is 25.0 Å². The van der Waals surface area contributed by atoms with Gasteiger partial charge in [0.2, 0.25) is 10.0 Å². The molecular weight excluding hydrogens is 412 g/mol. The predicted octanol–water partition coefficient (Wildman–Crippen LogP) is 3.75. The second-order valence-electron chi connectivity index (χ2n) is 9.14. The lowest BCUT2D eigenvalue weighted by Gasteiger charge is -2.37. The molecule has 1 N–H and O–H groups in total. The summed E-state index contributed by atoms with van der Waals surface area (Å²) in [5, 5.41) is 9.76. The molecule has 0 saturated heterocycles. The Morgan fingerprint density at radius 1 is 1.32 bits per heavy atom. The van der Waals surface area contributed by atoms with Gasteiger partial charge < -0.3 is 14.7 Å². The molecule has 1 aliphatic carbocycles. The molecule has 1 aromatic rings. The van der Waals surface area contributed by atoms with Crippen molar-refractivity contribution in [3.63, 3.8) is 0 Å². The van der Waals surface area contributed by atoms with E-state index in [0.717, 1.165) is 44.3 Å². The molecule has 1 heterocycles. The number of sulfonamides is 1. The number of aliphatic hydroxyl groups is 1. The van der Waals surface area contributed by atoms with Gasteiger partial charge in [-0.25, -0.2) is 8.42 Å². The first-order chi connectivity index (χ1) is 14.8. The standard InChI is InChI=1S/C24H38N2O4S/c1-5-13-25(4)16-23-18(2)15-26(19(3)17-27)31(28,29)24-12-11-21(14-22(24)30-23)20-9-7-6-8-10-20/h9,11-12,14,18-19,23,27H,5-8,10,13,15-17H2,1-4H3/t18-,19+,23-/m1/s1. The van der Waals surface area contributed by atoms with E-state index in [1.807, 2.05) is 19.1 Å². The van der Waals surface area contributed by atoms with Crippen LogP contribution < -0.4 is 4.74 Å². The Bertz CT molecular complexity index is 884. The van der Waals surface area contributed by atoms with Crippen molar-refractivity contribution in [3.05, 3.63) is 29.8 Å². The van der Waals surface area contributed by atoms with Crippen LogP contribution in [0.3, 0.4) is 0 Å². The number of ether oxygens (including phenoxy) is 1. The molecule has 0 spiro atoms. The Morgan fingerprint density at radius 2 is 2.10 bits per heavy atom. The molecule has 2 aliphatic rings. The summed E-state index contributed by atoms with van der Waals surface area (Å²) < 4.78 is 35.0. The van der Waals surface area contributed by atoms with E-state index in [4.69, 9.17) is 4.74 Å². The summed E-state index contributed by atoms with van der Waals surface area (Å²) in [6.07, 6.45) is 7.61. The predicted molar refractivity (Wildman–Crippen MR) is 125 cm³/mol. The van der Waals surface area contributed by atoms with Gasteiger partial charge >= 0.3 is 0 Å². The van der Waals surface area contributed by atoms with Gasteiger partial charge in [-0.15, -0.1) is 0 Å². The molecule has 1 aliphatic heterocycles. The average molecular weight is 451 g/mol. The molecule has 0 unspecified atom stereocenters. The molecule has 3 atom stereocenters. The van der Waals surface area contributed by atoms with Gasteiger partial charge in [-0.05, 0) is 75.9 Å². The Kier molecular flexibility index (Phi) is 8.19. The van der Waals surface area contributed by atoms with E-state index in [0.29, 0.717) is 12.3 Å². The van der Waals surface area contributed by atoms with E-state index >= 15 is 0 Å². The summed E-state index contributed by atoms with van der Waals surface area (Å²) in [5.74, 6) is 0.411. The highest BCUT2D eigenvalue weighted by molar-refractivity contribution is 7.89. The van der Waals surface area contributed by atoms with Crippen LogP contribution in [0.5, 0.6) is 5.75 Å². The molecule has 3 rings (SSSR count). The highest BCUT2D eigenvalue weighted by Gasteiger charge is 2.38. The quantitative estimate of drug-likeness (QED) is 0.685. The van der Waals surface area contributed by atoms with Crippen LogP contribution in [-0.2, 0) is 10.0 Å². The van der Waals surface area contributed by atoms with E-state index in [-0.39, 0.29) is 23.5 Å². The summed E-state index contributed by atoms with van der Waals surface area (Å²) in [4.78, 5) is 2.44. The summed E-state index contributed by atoms with van der Waals surface area (Å²) in [5.41, 5.74) is 2.31. The van der Waals surface area contributed by atoms with Gasteiger partial charge in [0.15, 0.2) is 0 Å². The number of fused-ring (bicyclic) bond motifs is 1. The van der Waals surface area contributed by atoms with Crippen molar-refractivity contribution in [2.24, 2.45) is 5.92 Å². The van der Waals surface area contributed by atoms with Crippen molar-refractivity contribution in [2.45, 2.75) is 69.9 Å². The molecule has 0 fully saturated rings. The summed E-state index contributed by atoms with van der Waals surface area (Å²) in [6, 6.07) is 5.02. The third kappa shape index (κ3) is 5.51. The second kappa shape index (κ2) is 10.5. The molecule has 174 valence electrons. The van der Waals surface area contributed by atoms with E-state index in [1.165, 1.54) is 16.3 Å². The molecule has 0 bridgehead atoms. The fourth-order valence-electron chi connectivity index (χ4n) is 4.52. The molecule has 0 radical (unpaired) electrons. The highest BCUT2D eigenvalue weighted by atomic mass is 32.2. The lowest BCUT2D eigenvalue weighted by atomic mass is 9.93. The number of nitrogens with zero attached hydrogens (tertiary/aromatic N) is 2. The largest absolute Gasteiger partial charge is 0.487 e. The average Bonchev–Trinajstić information content (AvgIpc) is 2.76. The number of aliphatic hydroxyl groups excluding tert-OH is 1. The number of likely N-dealkylation sites (N-methyl/N-ethyl adjacent to an activating group) is 1. The Balaban J connectivity index is 2.06. The smallest absolute Gasteiger partial charge is 0.247 e. The Morgan fingerprint density at radius 3 is 2.74 bits per heavy atom. The highest BCUT2D eigenvalue weighted by Crippen LogP contribution is 2.37. The zero-order valence-corrected chi connectivity index (χ0v) is 20.2. The van der Waals surface area contributed by atoms with Crippen LogP contribution in [0, 0.1) is 5.92 Å². The number of rotatable bonds is 7. The molecule has 7 heteroatoms. The van der Waals surface area contributed by atoms with Crippen molar-refractivity contribution in [3.8, 4) is 5.75 Å². The number of hydrogen-bond acceptors (Lipinski definition) is 5. The number of benzene rings is 1. The minimum atomic E-state index is -3.78. The molecule has 0 saturated carbocycles. The van der Waals surface area contributed by atoms with Gasteiger partial charge in [-0.2, -0.15) is 4.31 Å². The first kappa shape index (κ1) is 24.2. The maximum atomic E-state index is 13.6.